The van der Waals surface area contributed by atoms with Gasteiger partial charge < -0.3 is 14.5 Å². The fourth-order valence-electron chi connectivity index (χ4n) is 1.50. The number of ether oxygens (including phenoxy) is 1. The predicted octanol–water partition coefficient (Wildman–Crippen LogP) is 1.38. The van der Waals surface area contributed by atoms with E-state index in [2.05, 4.69) is 15.8 Å². The molecule has 0 aliphatic carbocycles. The van der Waals surface area contributed by atoms with Gasteiger partial charge in [0.15, 0.2) is 0 Å². The Kier molecular flexibility index (Phi) is 4.70. The summed E-state index contributed by atoms with van der Waals surface area (Å²) in [6.07, 6.45) is 2.76. The maximum atomic E-state index is 11.7. The number of nitrogens with zero attached hydrogens (tertiary/aromatic N) is 1. The minimum absolute atomic E-state index is 0.398. The van der Waals surface area contributed by atoms with Crippen molar-refractivity contribution in [1.29, 1.82) is 0 Å². The number of hydrazone groups is 1. The molecule has 7 nitrogen and oxygen atoms in total. The van der Waals surface area contributed by atoms with Crippen LogP contribution in [0.15, 0.2) is 52.2 Å². The number of furan rings is 1. The number of carbonyl (C=O) groups excluding carboxylic acids is 2. The first kappa shape index (κ1) is 14.3. The van der Waals surface area contributed by atoms with E-state index in [-0.39, 0.29) is 0 Å². The second-order valence-corrected chi connectivity index (χ2v) is 3.87. The number of benzene rings is 1. The minimum atomic E-state index is -0.899. The Balaban J connectivity index is 1.92. The number of hydrogen-bond acceptors (Lipinski definition) is 5. The Morgan fingerprint density at radius 3 is 2.71 bits per heavy atom. The number of hydrogen-bond donors (Lipinski definition) is 2. The van der Waals surface area contributed by atoms with E-state index in [9.17, 15) is 9.59 Å². The molecule has 0 atom stereocenters. The van der Waals surface area contributed by atoms with E-state index < -0.39 is 11.8 Å². The minimum Gasteiger partial charge on any atom is -0.495 e. The van der Waals surface area contributed by atoms with Crippen molar-refractivity contribution in [2.24, 2.45) is 5.10 Å². The summed E-state index contributed by atoms with van der Waals surface area (Å²) in [7, 11) is 1.47. The van der Waals surface area contributed by atoms with Gasteiger partial charge in [-0.25, -0.2) is 5.43 Å². The lowest BCUT2D eigenvalue weighted by atomic mass is 10.3. The molecule has 2 rings (SSSR count). The zero-order valence-electron chi connectivity index (χ0n) is 11.2. The van der Waals surface area contributed by atoms with Crippen molar-refractivity contribution < 1.29 is 18.7 Å². The first-order valence-corrected chi connectivity index (χ1v) is 6.01. The number of methoxy groups -OCH3 is 1. The molecule has 0 bridgehead atoms. The third-order valence-corrected chi connectivity index (χ3v) is 2.46. The standard InChI is InChI=1S/C14H13N3O4/c1-20-12-7-3-2-6-11(12)16-13(18)14(19)17-15-9-10-5-4-8-21-10/h2-9H,1H3,(H,16,18)(H,17,19)/b15-9-. The molecule has 21 heavy (non-hydrogen) atoms. The van der Waals surface area contributed by atoms with Crippen LogP contribution in [-0.4, -0.2) is 25.1 Å². The van der Waals surface area contributed by atoms with Gasteiger partial charge in [-0.1, -0.05) is 12.1 Å². The fraction of sp³-hybridized carbons (Fsp3) is 0.0714. The lowest BCUT2D eigenvalue weighted by Gasteiger charge is -2.08. The van der Waals surface area contributed by atoms with Crippen LogP contribution < -0.4 is 15.5 Å². The van der Waals surface area contributed by atoms with E-state index in [4.69, 9.17) is 9.15 Å². The molecule has 0 aliphatic rings. The third-order valence-electron chi connectivity index (χ3n) is 2.46. The van der Waals surface area contributed by atoms with Crippen molar-refractivity contribution in [3.8, 4) is 5.75 Å². The molecule has 0 saturated carbocycles. The predicted molar refractivity (Wildman–Crippen MR) is 76.1 cm³/mol. The van der Waals surface area contributed by atoms with Crippen LogP contribution in [0.25, 0.3) is 0 Å². The van der Waals surface area contributed by atoms with Gasteiger partial charge in [0.05, 0.1) is 25.3 Å². The quantitative estimate of drug-likeness (QED) is 0.504. The van der Waals surface area contributed by atoms with Gasteiger partial charge in [-0.15, -0.1) is 0 Å². The zero-order valence-corrected chi connectivity index (χ0v) is 11.2. The van der Waals surface area contributed by atoms with Crippen LogP contribution in [0, 0.1) is 0 Å². The van der Waals surface area contributed by atoms with Gasteiger partial charge in [-0.3, -0.25) is 9.59 Å². The van der Waals surface area contributed by atoms with Crippen LogP contribution in [0.5, 0.6) is 5.75 Å². The van der Waals surface area contributed by atoms with Crippen LogP contribution in [-0.2, 0) is 9.59 Å². The molecule has 1 heterocycles. The summed E-state index contributed by atoms with van der Waals surface area (Å²) in [5.74, 6) is -0.835. The monoisotopic (exact) mass is 287 g/mol. The van der Waals surface area contributed by atoms with Crippen molar-refractivity contribution >= 4 is 23.7 Å². The maximum Gasteiger partial charge on any atom is 0.329 e. The molecule has 108 valence electrons. The molecule has 0 fully saturated rings. The van der Waals surface area contributed by atoms with Gasteiger partial charge in [0, 0.05) is 0 Å². The number of rotatable bonds is 4. The van der Waals surface area contributed by atoms with Crippen molar-refractivity contribution in [3.05, 3.63) is 48.4 Å². The van der Waals surface area contributed by atoms with E-state index in [1.165, 1.54) is 19.6 Å². The summed E-state index contributed by atoms with van der Waals surface area (Å²) < 4.78 is 10.1. The second kappa shape index (κ2) is 6.90. The van der Waals surface area contributed by atoms with Crippen LogP contribution >= 0.6 is 0 Å². The molecule has 0 aliphatic heterocycles. The molecule has 1 aromatic carbocycles. The van der Waals surface area contributed by atoms with Crippen LogP contribution in [0.3, 0.4) is 0 Å². The van der Waals surface area contributed by atoms with Crippen molar-refractivity contribution in [1.82, 2.24) is 5.43 Å². The van der Waals surface area contributed by atoms with E-state index in [1.54, 1.807) is 36.4 Å². The Morgan fingerprint density at radius 1 is 1.19 bits per heavy atom. The molecular formula is C14H13N3O4. The Morgan fingerprint density at radius 2 is 2.00 bits per heavy atom. The molecule has 2 amide bonds. The fourth-order valence-corrected chi connectivity index (χ4v) is 1.50. The Labute approximate surface area is 120 Å². The molecule has 0 saturated heterocycles. The number of carbonyl (C=O) groups is 2. The largest absolute Gasteiger partial charge is 0.495 e. The molecular weight excluding hydrogens is 274 g/mol. The summed E-state index contributed by atoms with van der Waals surface area (Å²) in [6.45, 7) is 0. The van der Waals surface area contributed by atoms with Crippen LogP contribution in [0.1, 0.15) is 5.76 Å². The van der Waals surface area contributed by atoms with Crippen molar-refractivity contribution in [3.63, 3.8) is 0 Å². The summed E-state index contributed by atoms with van der Waals surface area (Å²) >= 11 is 0. The average molecular weight is 287 g/mol. The van der Waals surface area contributed by atoms with E-state index in [0.29, 0.717) is 17.2 Å². The molecule has 0 spiro atoms. The average Bonchev–Trinajstić information content (AvgIpc) is 3.01. The number of anilines is 1. The lowest BCUT2D eigenvalue weighted by molar-refractivity contribution is -0.136. The van der Waals surface area contributed by atoms with Gasteiger partial charge in [0.2, 0.25) is 0 Å². The normalized spacial score (nSPS) is 10.3. The number of nitrogens with one attached hydrogen (secondary N) is 2. The van der Waals surface area contributed by atoms with E-state index in [0.717, 1.165) is 0 Å². The first-order valence-electron chi connectivity index (χ1n) is 6.01. The Hall–Kier alpha value is -3.09. The molecule has 7 heteroatoms. The third kappa shape index (κ3) is 3.93. The number of amides is 2. The zero-order chi connectivity index (χ0) is 15.1. The highest BCUT2D eigenvalue weighted by molar-refractivity contribution is 6.39. The van der Waals surface area contributed by atoms with Gasteiger partial charge in [-0.05, 0) is 24.3 Å². The summed E-state index contributed by atoms with van der Waals surface area (Å²) in [6, 6.07) is 10.1. The number of para-hydroxylation sites is 2. The summed E-state index contributed by atoms with van der Waals surface area (Å²) in [5.41, 5.74) is 2.49. The lowest BCUT2D eigenvalue weighted by Crippen LogP contribution is -2.32. The molecule has 1 aromatic heterocycles. The van der Waals surface area contributed by atoms with Gasteiger partial charge in [0.25, 0.3) is 0 Å². The van der Waals surface area contributed by atoms with Gasteiger partial charge in [-0.2, -0.15) is 5.10 Å². The van der Waals surface area contributed by atoms with Crippen molar-refractivity contribution in [2.45, 2.75) is 0 Å². The summed E-state index contributed by atoms with van der Waals surface area (Å²) in [4.78, 5) is 23.3. The van der Waals surface area contributed by atoms with Crippen LogP contribution in [0.4, 0.5) is 5.69 Å². The molecule has 2 aromatic rings. The smallest absolute Gasteiger partial charge is 0.329 e. The second-order valence-electron chi connectivity index (χ2n) is 3.87. The van der Waals surface area contributed by atoms with Gasteiger partial charge in [0.1, 0.15) is 11.5 Å². The molecule has 2 N–H and O–H groups in total. The maximum absolute atomic E-state index is 11.7. The summed E-state index contributed by atoms with van der Waals surface area (Å²) in [5, 5.41) is 6.04. The Bertz CT molecular complexity index is 650. The van der Waals surface area contributed by atoms with Crippen LogP contribution in [0.2, 0.25) is 0 Å². The van der Waals surface area contributed by atoms with Gasteiger partial charge >= 0.3 is 11.8 Å². The molecule has 0 radical (unpaired) electrons. The SMILES string of the molecule is COc1ccccc1NC(=O)C(=O)N/N=C\c1ccco1. The van der Waals surface area contributed by atoms with E-state index >= 15 is 0 Å². The topological polar surface area (TPSA) is 92.9 Å². The van der Waals surface area contributed by atoms with E-state index in [1.807, 2.05) is 0 Å². The first-order chi connectivity index (χ1) is 10.2. The molecule has 0 unspecified atom stereocenters. The highest BCUT2D eigenvalue weighted by atomic mass is 16.5. The highest BCUT2D eigenvalue weighted by Gasteiger charge is 2.14. The highest BCUT2D eigenvalue weighted by Crippen LogP contribution is 2.22. The van der Waals surface area contributed by atoms with Crippen molar-refractivity contribution in [2.75, 3.05) is 12.4 Å².